The summed E-state index contributed by atoms with van der Waals surface area (Å²) in [4.78, 5) is 121. The second-order valence-electron chi connectivity index (χ2n) is 28.4. The standard InChI is InChI=1S/C29H39N7O4S.C27H35N7O3S.C24H28FN7O4.2CH4.ClH.H2/c1-5-41-13-7-9-20-15-24(31-17-23(20)16-30)32-29(38)36-10-6-8-21-14-22(18-35-12-11-34(2)19-25(35)37)26(33-27(21)36)28(39-3)40-4;1-4-38-12-6-8-19-14-23(29-16-22(19)15-28)30-27(36)34-9-5-7-20-13-21(26(37-3)31-25(20)34)17-33-11-10-32(2)18-24(33)35;1-30-7-8-31(20(33)14-30)13-16-9-15-5-4-6-32(22(15)29-21(16)23(35-2)36-3)24(34)28-19-10-18(25)17(11-26)12-27-19;;;;/h14-15,17,28H,5-13,18-19H2,1-4H3,(H,31,32,38);13-14,16H,4-12,17-18H2,1-3H3,(H,29,30,36);9-10,12,23H,4-8,13-14H2,1-3H3,(H,27,28,34);2*1H4;2*1H/i;;;;;;1+1. The highest BCUT2D eigenvalue weighted by molar-refractivity contribution is 7.99. The highest BCUT2D eigenvalue weighted by atomic mass is 35.5. The Morgan fingerprint density at radius 1 is 0.492 bits per heavy atom. The predicted octanol–water partition coefficient (Wildman–Crippen LogP) is 10.9. The van der Waals surface area contributed by atoms with Crippen molar-refractivity contribution in [3.05, 3.63) is 133 Å². The molecule has 6 aliphatic heterocycles. The minimum Gasteiger partial charge on any atom is -0.481 e. The average molecular weight is 1690 g/mol. The van der Waals surface area contributed by atoms with Gasteiger partial charge in [0.15, 0.2) is 0 Å². The summed E-state index contributed by atoms with van der Waals surface area (Å²) in [6.45, 7) is 12.2. The molecule has 0 unspecified atom stereocenters. The molecule has 0 aromatic carbocycles. The summed E-state index contributed by atoms with van der Waals surface area (Å²) < 4.78 is 41.7. The Bertz CT molecular complexity index is 4610. The number of piperazine rings is 3. The molecule has 6 aromatic heterocycles. The fraction of sp³-hybridized carbons (Fsp3) is 0.524. The van der Waals surface area contributed by atoms with Crippen LogP contribution in [0.15, 0.2) is 55.0 Å². The van der Waals surface area contributed by atoms with Gasteiger partial charge in [0, 0.05) is 126 Å². The lowest BCUT2D eigenvalue weighted by Gasteiger charge is -2.34. The van der Waals surface area contributed by atoms with Crippen LogP contribution in [0.5, 0.6) is 5.88 Å². The van der Waals surface area contributed by atoms with E-state index in [0.717, 1.165) is 151 Å². The number of fused-ring (bicyclic) bond motifs is 3. The first-order chi connectivity index (χ1) is 55.6. The molecule has 118 heavy (non-hydrogen) atoms. The van der Waals surface area contributed by atoms with Gasteiger partial charge in [0.2, 0.25) is 36.2 Å². The number of aryl methyl sites for hydroxylation is 5. The monoisotopic (exact) mass is 1690 g/mol. The zero-order chi connectivity index (χ0) is 82.2. The molecule has 12 heterocycles. The second kappa shape index (κ2) is 46.4. The van der Waals surface area contributed by atoms with Crippen molar-refractivity contribution < 1.29 is 58.3 Å². The molecule has 36 heteroatoms. The van der Waals surface area contributed by atoms with E-state index in [1.54, 1.807) is 54.2 Å². The van der Waals surface area contributed by atoms with E-state index in [1.807, 2.05) is 87.4 Å². The van der Waals surface area contributed by atoms with E-state index in [2.05, 4.69) is 56.9 Å². The van der Waals surface area contributed by atoms with Crippen LogP contribution in [-0.2, 0) is 85.1 Å². The molecule has 0 radical (unpaired) electrons. The summed E-state index contributed by atoms with van der Waals surface area (Å²) >= 11 is 3.73. The van der Waals surface area contributed by atoms with Crippen LogP contribution < -0.4 is 35.4 Å². The number of hydrogen-bond acceptors (Lipinski definition) is 25. The number of urea groups is 3. The Hall–Kier alpha value is -9.97. The number of ether oxygens (including phenoxy) is 5. The molecule has 638 valence electrons. The average Bonchev–Trinajstić information content (AvgIpc) is 0.797. The van der Waals surface area contributed by atoms with Gasteiger partial charge in [0.25, 0.3) is 0 Å². The van der Waals surface area contributed by atoms with Gasteiger partial charge in [-0.1, -0.05) is 28.7 Å². The van der Waals surface area contributed by atoms with Gasteiger partial charge in [-0.25, -0.2) is 43.7 Å². The third-order valence-electron chi connectivity index (χ3n) is 20.4. The number of nitrogens with zero attached hydrogens (tertiary/aromatic N) is 18. The van der Waals surface area contributed by atoms with Crippen molar-refractivity contribution in [2.45, 2.75) is 125 Å². The van der Waals surface area contributed by atoms with Crippen LogP contribution in [-0.4, -0.2) is 253 Å². The number of likely N-dealkylation sites (N-methyl/N-ethyl adjacent to an activating group) is 3. The normalized spacial score (nSPS) is 15.4. The van der Waals surface area contributed by atoms with Crippen molar-refractivity contribution in [3.8, 4) is 24.1 Å². The van der Waals surface area contributed by atoms with Crippen LogP contribution in [0, 0.1) is 39.8 Å². The van der Waals surface area contributed by atoms with Crippen LogP contribution in [0.2, 0.25) is 0 Å². The number of rotatable bonds is 26. The van der Waals surface area contributed by atoms with Crippen molar-refractivity contribution >= 4 is 107 Å². The molecule has 6 aliphatic rings. The number of nitrogens with one attached hydrogen (secondary N) is 3. The van der Waals surface area contributed by atoms with Gasteiger partial charge < -0.3 is 38.4 Å². The predicted molar refractivity (Wildman–Crippen MR) is 458 cm³/mol. The molecule has 3 saturated heterocycles. The number of halogens is 2. The van der Waals surface area contributed by atoms with E-state index >= 15 is 0 Å². The van der Waals surface area contributed by atoms with Crippen molar-refractivity contribution in [2.24, 2.45) is 0 Å². The maximum absolute atomic E-state index is 14.0. The topological polar surface area (TPSA) is 363 Å². The summed E-state index contributed by atoms with van der Waals surface area (Å²) in [5.41, 5.74) is 8.84. The van der Waals surface area contributed by atoms with Gasteiger partial charge in [0.1, 0.15) is 75.9 Å². The lowest BCUT2D eigenvalue weighted by Crippen LogP contribution is -2.48. The van der Waals surface area contributed by atoms with E-state index in [0.29, 0.717) is 149 Å². The third kappa shape index (κ3) is 24.6. The summed E-state index contributed by atoms with van der Waals surface area (Å²) in [5, 5.41) is 36.3. The van der Waals surface area contributed by atoms with E-state index in [-0.39, 0.29) is 69.9 Å². The Balaban J connectivity index is 0.000000273. The minimum absolute atomic E-state index is 0. The van der Waals surface area contributed by atoms with Crippen molar-refractivity contribution in [2.75, 3.05) is 189 Å². The number of methoxy groups -OCH3 is 5. The highest BCUT2D eigenvalue weighted by Crippen LogP contribution is 2.37. The first kappa shape index (κ1) is 95.2. The Morgan fingerprint density at radius 2 is 0.831 bits per heavy atom. The Morgan fingerprint density at radius 3 is 1.16 bits per heavy atom. The molecular formula is C82H113ClFN21O11S2. The lowest BCUT2D eigenvalue weighted by atomic mass is 10.0. The molecule has 3 fully saturated rings. The number of nitriles is 3. The van der Waals surface area contributed by atoms with Gasteiger partial charge in [-0.2, -0.15) is 44.3 Å². The molecule has 12 rings (SSSR count). The maximum atomic E-state index is 14.0. The molecule has 0 spiro atoms. The van der Waals surface area contributed by atoms with Crippen LogP contribution >= 0.6 is 35.9 Å². The summed E-state index contributed by atoms with van der Waals surface area (Å²) in [5.74, 6) is 6.32. The summed E-state index contributed by atoms with van der Waals surface area (Å²) in [7, 11) is 13.4. The smallest absolute Gasteiger partial charge is 0.328 e. The first-order valence-corrected chi connectivity index (χ1v) is 40.8. The number of pyridine rings is 6. The zero-order valence-corrected chi connectivity index (χ0v) is 69.9. The van der Waals surface area contributed by atoms with Gasteiger partial charge in [-0.05, 0) is 178 Å². The highest BCUT2D eigenvalue weighted by Gasteiger charge is 2.35. The minimum atomic E-state index is -0.797. The molecule has 6 aromatic rings. The van der Waals surface area contributed by atoms with Gasteiger partial charge >= 0.3 is 18.1 Å². The molecule has 3 N–H and O–H groups in total. The number of aromatic nitrogens is 6. The van der Waals surface area contributed by atoms with Crippen molar-refractivity contribution in [3.63, 3.8) is 0 Å². The molecular weight excluding hydrogens is 1570 g/mol. The lowest BCUT2D eigenvalue weighted by molar-refractivity contribution is -0.137. The number of anilines is 6. The Labute approximate surface area is 707 Å². The van der Waals surface area contributed by atoms with Crippen LogP contribution in [0.25, 0.3) is 0 Å². The number of carbonyl (C=O) groups is 6. The third-order valence-corrected chi connectivity index (χ3v) is 22.3. The van der Waals surface area contributed by atoms with Gasteiger partial charge in [-0.15, -0.1) is 12.4 Å². The molecule has 0 saturated carbocycles. The second-order valence-corrected chi connectivity index (χ2v) is 31.2. The van der Waals surface area contributed by atoms with Crippen LogP contribution in [0.1, 0.15) is 147 Å². The molecule has 0 atom stereocenters. The van der Waals surface area contributed by atoms with E-state index in [1.165, 1.54) is 31.5 Å². The summed E-state index contributed by atoms with van der Waals surface area (Å²) in [6, 6.07) is 15.5. The summed E-state index contributed by atoms with van der Waals surface area (Å²) in [6.07, 6.45) is 10.5. The molecule has 0 bridgehead atoms. The quantitative estimate of drug-likeness (QED) is 0.0335. The molecule has 9 amide bonds. The van der Waals surface area contributed by atoms with Crippen molar-refractivity contribution in [1.29, 1.82) is 15.8 Å². The van der Waals surface area contributed by atoms with Gasteiger partial charge in [0.05, 0.1) is 50.6 Å². The van der Waals surface area contributed by atoms with Crippen molar-refractivity contribution in [1.82, 2.24) is 59.3 Å². The van der Waals surface area contributed by atoms with Crippen LogP contribution in [0.3, 0.4) is 0 Å². The fourth-order valence-electron chi connectivity index (χ4n) is 14.3. The largest absolute Gasteiger partial charge is 0.481 e. The van der Waals surface area contributed by atoms with E-state index in [9.17, 15) is 43.7 Å². The number of amides is 9. The first-order valence-electron chi connectivity index (χ1n) is 38.5. The maximum Gasteiger partial charge on any atom is 0.328 e. The number of thioether (sulfide) groups is 2. The Kier molecular flexibility index (Phi) is 37.4. The fourth-order valence-corrected chi connectivity index (χ4v) is 15.6. The van der Waals surface area contributed by atoms with E-state index in [4.69, 9.17) is 43.9 Å². The van der Waals surface area contributed by atoms with Crippen LogP contribution in [0.4, 0.5) is 53.7 Å². The van der Waals surface area contributed by atoms with E-state index < -0.39 is 24.4 Å². The molecule has 32 nitrogen and oxygen atoms in total. The SMILES string of the molecule is C.C.CCSCCCc1cc(NC(=O)N2CCCc3cc(CN4CCN(C)CC4=O)c(C(OC)OC)nc32)ncc1C#N.CCSCCCc1cc(NC(=O)N2CCCc3cc(CN4CCN(C)CC4=O)c(OC)nc32)ncc1C#N.COC(OC)c1nc2c(cc1CN1CCN(C)CC1=O)CCCN2C(=O)Nc1cc(F)c(C#N)cn1.Cl.[2HH]. The van der Waals surface area contributed by atoms with Gasteiger partial charge in [-0.3, -0.25) is 59.7 Å². The molecule has 0 aliphatic carbocycles. The number of hydrogen-bond donors (Lipinski definition) is 3. The number of carbonyl (C=O) groups excluding carboxylic acids is 6. The zero-order valence-electron chi connectivity index (χ0n) is 67.5.